The van der Waals surface area contributed by atoms with Crippen molar-refractivity contribution >= 4 is 34.0 Å². The van der Waals surface area contributed by atoms with Crippen LogP contribution < -0.4 is 14.8 Å². The van der Waals surface area contributed by atoms with Gasteiger partial charge in [-0.15, -0.1) is 12.4 Å². The number of fused-ring (bicyclic) bond motifs is 1. The first kappa shape index (κ1) is 28.7. The number of nitrogens with zero attached hydrogens (tertiary/aromatic N) is 2. The molecule has 9 heteroatoms. The summed E-state index contributed by atoms with van der Waals surface area (Å²) in [6.07, 6.45) is 8.97. The van der Waals surface area contributed by atoms with Gasteiger partial charge in [0.05, 0.1) is 11.9 Å². The van der Waals surface area contributed by atoms with Gasteiger partial charge in [-0.05, 0) is 85.4 Å². The minimum absolute atomic E-state index is 0. The van der Waals surface area contributed by atoms with Crippen molar-refractivity contribution in [3.63, 3.8) is 0 Å². The molecule has 7 nitrogen and oxygen atoms in total. The number of sulfonamides is 1. The molecule has 0 unspecified atom stereocenters. The van der Waals surface area contributed by atoms with Gasteiger partial charge in [-0.2, -0.15) is 0 Å². The van der Waals surface area contributed by atoms with Crippen molar-refractivity contribution in [3.8, 4) is 11.5 Å². The summed E-state index contributed by atoms with van der Waals surface area (Å²) < 4.78 is 32.6. The lowest BCUT2D eigenvalue weighted by atomic mass is 9.89. The number of ether oxygens (including phenoxy) is 1. The summed E-state index contributed by atoms with van der Waals surface area (Å²) in [4.78, 5) is 14.0. The van der Waals surface area contributed by atoms with Crippen LogP contribution in [-0.4, -0.2) is 45.1 Å². The third kappa shape index (κ3) is 7.01. The second-order valence-corrected chi connectivity index (χ2v) is 13.2. The van der Waals surface area contributed by atoms with Crippen molar-refractivity contribution in [1.82, 2.24) is 4.90 Å². The normalized spacial score (nSPS) is 22.6. The Bertz CT molecular complexity index is 1170. The zero-order valence-electron chi connectivity index (χ0n) is 22.1. The Morgan fingerprint density at radius 1 is 0.947 bits per heavy atom. The molecule has 2 N–H and O–H groups in total. The Morgan fingerprint density at radius 3 is 2.03 bits per heavy atom. The van der Waals surface area contributed by atoms with E-state index in [1.54, 1.807) is 4.31 Å². The van der Waals surface area contributed by atoms with Crippen LogP contribution in [0, 0.1) is 23.7 Å². The van der Waals surface area contributed by atoms with Crippen LogP contribution in [0.2, 0.25) is 0 Å². The zero-order valence-corrected chi connectivity index (χ0v) is 23.8. The molecule has 3 fully saturated rings. The molecule has 5 rings (SSSR count). The van der Waals surface area contributed by atoms with Gasteiger partial charge in [0.2, 0.25) is 15.9 Å². The van der Waals surface area contributed by atoms with E-state index >= 15 is 0 Å². The molecule has 2 aliphatic carbocycles. The van der Waals surface area contributed by atoms with Gasteiger partial charge in [0.1, 0.15) is 11.5 Å². The molecule has 2 aromatic carbocycles. The molecule has 0 radical (unpaired) electrons. The molecule has 2 saturated carbocycles. The first-order valence-corrected chi connectivity index (χ1v) is 15.5. The number of benzene rings is 2. The Balaban J connectivity index is 0.00000336. The fourth-order valence-electron chi connectivity index (χ4n) is 6.53. The second kappa shape index (κ2) is 12.3. The van der Waals surface area contributed by atoms with Crippen LogP contribution in [0.15, 0.2) is 48.5 Å². The highest BCUT2D eigenvalue weighted by Gasteiger charge is 2.42. The minimum atomic E-state index is -3.35. The predicted octanol–water partition coefficient (Wildman–Crippen LogP) is 5.19. The van der Waals surface area contributed by atoms with Crippen molar-refractivity contribution in [2.24, 2.45) is 29.4 Å². The molecular weight excluding hydrogens is 522 g/mol. The van der Waals surface area contributed by atoms with E-state index in [-0.39, 0.29) is 24.2 Å². The first-order chi connectivity index (χ1) is 17.7. The van der Waals surface area contributed by atoms with Crippen LogP contribution in [-0.2, 0) is 21.4 Å². The summed E-state index contributed by atoms with van der Waals surface area (Å²) in [6.45, 7) is 3.50. The molecule has 208 valence electrons. The van der Waals surface area contributed by atoms with Gasteiger partial charge in [-0.3, -0.25) is 14.0 Å². The molecule has 0 bridgehead atoms. The van der Waals surface area contributed by atoms with E-state index in [9.17, 15) is 13.2 Å². The maximum Gasteiger partial charge on any atom is 0.232 e. The molecule has 1 heterocycles. The number of amides is 1. The average molecular weight is 562 g/mol. The molecule has 2 aromatic rings. The zero-order chi connectivity index (χ0) is 26.0. The Hall–Kier alpha value is -2.29. The van der Waals surface area contributed by atoms with Crippen LogP contribution in [0.4, 0.5) is 5.69 Å². The van der Waals surface area contributed by atoms with E-state index in [1.165, 1.54) is 31.1 Å². The van der Waals surface area contributed by atoms with Crippen LogP contribution >= 0.6 is 12.4 Å². The van der Waals surface area contributed by atoms with Crippen LogP contribution in [0.5, 0.6) is 11.5 Å². The molecule has 0 aromatic heterocycles. The quantitative estimate of drug-likeness (QED) is 0.455. The lowest BCUT2D eigenvalue weighted by molar-refractivity contribution is -0.121. The molecule has 1 amide bonds. The largest absolute Gasteiger partial charge is 0.457 e. The number of carbonyl (C=O) groups is 1. The highest BCUT2D eigenvalue weighted by atomic mass is 35.5. The summed E-state index contributed by atoms with van der Waals surface area (Å²) in [5.74, 6) is 2.95. The fourth-order valence-corrected chi connectivity index (χ4v) is 7.52. The second-order valence-electron chi connectivity index (χ2n) is 11.3. The number of hydrogen-bond donors (Lipinski definition) is 1. The monoisotopic (exact) mass is 561 g/mol. The van der Waals surface area contributed by atoms with Crippen LogP contribution in [0.25, 0.3) is 0 Å². The van der Waals surface area contributed by atoms with Gasteiger partial charge in [0, 0.05) is 32.1 Å². The maximum atomic E-state index is 12.5. The molecule has 3 aliphatic rings. The maximum absolute atomic E-state index is 12.5. The van der Waals surface area contributed by atoms with E-state index in [1.807, 2.05) is 36.4 Å². The van der Waals surface area contributed by atoms with E-state index in [0.717, 1.165) is 51.1 Å². The highest BCUT2D eigenvalue weighted by Crippen LogP contribution is 2.41. The first-order valence-electron chi connectivity index (χ1n) is 13.6. The van der Waals surface area contributed by atoms with Crippen molar-refractivity contribution in [2.75, 3.05) is 30.2 Å². The molecule has 1 aliphatic heterocycles. The average Bonchev–Trinajstić information content (AvgIpc) is 3.44. The number of nitrogens with two attached hydrogens (primary N) is 1. The number of likely N-dealkylation sites (tertiary alicyclic amines) is 1. The van der Waals surface area contributed by atoms with Gasteiger partial charge in [-0.1, -0.05) is 31.4 Å². The van der Waals surface area contributed by atoms with E-state index in [4.69, 9.17) is 10.5 Å². The number of anilines is 1. The lowest BCUT2D eigenvalue weighted by Crippen LogP contribution is -2.35. The Kier molecular flexibility index (Phi) is 9.27. The number of carbonyl (C=O) groups excluding carboxylic acids is 1. The summed E-state index contributed by atoms with van der Waals surface area (Å²) in [5.41, 5.74) is 7.43. The molecule has 0 spiro atoms. The lowest BCUT2D eigenvalue weighted by Gasteiger charge is -2.29. The molecule has 2 atom stereocenters. The van der Waals surface area contributed by atoms with Crippen molar-refractivity contribution in [2.45, 2.75) is 51.5 Å². The Labute approximate surface area is 233 Å². The predicted molar refractivity (Wildman–Crippen MR) is 153 cm³/mol. The van der Waals surface area contributed by atoms with Crippen LogP contribution in [0.3, 0.4) is 0 Å². The van der Waals surface area contributed by atoms with Gasteiger partial charge in [0.25, 0.3) is 0 Å². The minimum Gasteiger partial charge on any atom is -0.457 e. The summed E-state index contributed by atoms with van der Waals surface area (Å²) >= 11 is 0. The van der Waals surface area contributed by atoms with Gasteiger partial charge in [-0.25, -0.2) is 8.42 Å². The third-order valence-corrected chi connectivity index (χ3v) is 9.63. The fraction of sp³-hybridized carbons (Fsp3) is 0.552. The number of rotatable bonds is 9. The standard InChI is InChI=1S/C29H39N3O4S.ClH/c1-37(34,35)32(18-21-5-3-2-4-6-21)26-9-13-28(14-10-26)36-27-11-7-22(8-12-27)17-31-19-24-15-23(29(30)33)16-25(24)20-31;/h7-14,21,23-25H,2-6,15-20H2,1H3,(H2,30,33);1H/t24-,25-;/m1./s1. The highest BCUT2D eigenvalue weighted by molar-refractivity contribution is 7.92. The van der Waals surface area contributed by atoms with Gasteiger partial charge in [0.15, 0.2) is 0 Å². The summed E-state index contributed by atoms with van der Waals surface area (Å²) in [5, 5.41) is 0. The Morgan fingerprint density at radius 2 is 1.50 bits per heavy atom. The van der Waals surface area contributed by atoms with E-state index in [0.29, 0.717) is 35.7 Å². The SMILES string of the molecule is CS(=O)(=O)N(CC1CCCCC1)c1ccc(Oc2ccc(CN3C[C@H]4CC(C(N)=O)C[C@@H]4C3)cc2)cc1.Cl. The number of halogens is 1. The topological polar surface area (TPSA) is 92.9 Å². The number of hydrogen-bond acceptors (Lipinski definition) is 5. The molecule has 1 saturated heterocycles. The van der Waals surface area contributed by atoms with Crippen molar-refractivity contribution in [3.05, 3.63) is 54.1 Å². The van der Waals surface area contributed by atoms with Crippen molar-refractivity contribution in [1.29, 1.82) is 0 Å². The van der Waals surface area contributed by atoms with Gasteiger partial charge < -0.3 is 10.5 Å². The number of primary amides is 1. The van der Waals surface area contributed by atoms with Crippen LogP contribution in [0.1, 0.15) is 50.5 Å². The van der Waals surface area contributed by atoms with Gasteiger partial charge >= 0.3 is 0 Å². The summed E-state index contributed by atoms with van der Waals surface area (Å²) in [6, 6.07) is 15.5. The van der Waals surface area contributed by atoms with E-state index in [2.05, 4.69) is 17.0 Å². The van der Waals surface area contributed by atoms with E-state index < -0.39 is 10.0 Å². The summed E-state index contributed by atoms with van der Waals surface area (Å²) in [7, 11) is -3.35. The van der Waals surface area contributed by atoms with Crippen molar-refractivity contribution < 1.29 is 17.9 Å². The molecular formula is C29H40ClN3O4S. The third-order valence-electron chi connectivity index (χ3n) is 8.47. The smallest absolute Gasteiger partial charge is 0.232 e. The molecule has 38 heavy (non-hydrogen) atoms.